The molecular weight excluding hydrogens is 366 g/mol. The second kappa shape index (κ2) is 11.4. The van der Waals surface area contributed by atoms with E-state index in [0.29, 0.717) is 19.4 Å². The molecule has 0 radical (unpaired) electrons. The van der Waals surface area contributed by atoms with Gasteiger partial charge in [-0.2, -0.15) is 0 Å². The summed E-state index contributed by atoms with van der Waals surface area (Å²) >= 11 is 0. The topological polar surface area (TPSA) is 77.8 Å². The summed E-state index contributed by atoms with van der Waals surface area (Å²) in [6.45, 7) is 4.60. The van der Waals surface area contributed by atoms with Crippen molar-refractivity contribution in [2.45, 2.75) is 64.5 Å². The molecule has 1 aliphatic rings. The number of hydrogen-bond donors (Lipinski definition) is 2. The monoisotopic (exact) mass is 397 g/mol. The van der Waals surface area contributed by atoms with Crippen LogP contribution in [0.15, 0.2) is 36.4 Å². The fraction of sp³-hybridized carbons (Fsp3) is 0.500. The van der Waals surface area contributed by atoms with Gasteiger partial charge in [0.15, 0.2) is 0 Å². The van der Waals surface area contributed by atoms with Crippen LogP contribution in [-0.2, 0) is 11.2 Å². The molecule has 5 nitrogen and oxygen atoms in total. The van der Waals surface area contributed by atoms with Crippen LogP contribution in [0.4, 0.5) is 0 Å². The molecule has 0 aromatic heterocycles. The van der Waals surface area contributed by atoms with Gasteiger partial charge in [0, 0.05) is 25.8 Å². The summed E-state index contributed by atoms with van der Waals surface area (Å²) in [6.07, 6.45) is 7.42. The van der Waals surface area contributed by atoms with Crippen molar-refractivity contribution in [1.82, 2.24) is 4.90 Å². The summed E-state index contributed by atoms with van der Waals surface area (Å²) in [5.41, 5.74) is 1.24. The molecule has 0 bridgehead atoms. The Bertz CT molecular complexity index is 790. The minimum Gasteiger partial charge on any atom is -0.478 e. The minimum atomic E-state index is -0.930. The number of rotatable bonds is 9. The van der Waals surface area contributed by atoms with Crippen molar-refractivity contribution >= 4 is 11.9 Å². The Balaban J connectivity index is 1.88. The number of carboxylic acid groups (broad SMARTS) is 1. The van der Waals surface area contributed by atoms with Crippen LogP contribution >= 0.6 is 0 Å². The maximum absolute atomic E-state index is 12.3. The fourth-order valence-electron chi connectivity index (χ4n) is 3.47. The first-order chi connectivity index (χ1) is 13.9. The zero-order valence-corrected chi connectivity index (χ0v) is 17.3. The van der Waals surface area contributed by atoms with Crippen LogP contribution < -0.4 is 0 Å². The van der Waals surface area contributed by atoms with Crippen LogP contribution in [0.25, 0.3) is 0 Å². The molecule has 156 valence electrons. The Morgan fingerprint density at radius 3 is 2.90 bits per heavy atom. The van der Waals surface area contributed by atoms with Crippen molar-refractivity contribution in [2.24, 2.45) is 5.92 Å². The summed E-state index contributed by atoms with van der Waals surface area (Å²) in [5.74, 6) is 5.35. The smallest absolute Gasteiger partial charge is 0.335 e. The lowest BCUT2D eigenvalue weighted by Crippen LogP contribution is -2.33. The molecule has 3 atom stereocenters. The standard InChI is InChI=1S/C24H31NO4/c1-3-4-5-8-18(2)22(26)14-12-21-13-15-23(27)25(21)16-7-10-19-9-6-11-20(17-19)24(28)29/h6,9,11-12,14,17-18,21-22,26H,3,7-8,10,13,15-16H2,1-2H3,(H,28,29)/b14-12+/t18-,21-,22+/m0/s1. The summed E-state index contributed by atoms with van der Waals surface area (Å²) < 4.78 is 0. The lowest BCUT2D eigenvalue weighted by Gasteiger charge is -2.23. The number of aliphatic hydroxyl groups is 1. The Kier molecular flexibility index (Phi) is 8.95. The number of amides is 1. The lowest BCUT2D eigenvalue weighted by molar-refractivity contribution is -0.128. The van der Waals surface area contributed by atoms with Crippen molar-refractivity contribution in [3.63, 3.8) is 0 Å². The first-order valence-corrected chi connectivity index (χ1v) is 10.4. The third-order valence-corrected chi connectivity index (χ3v) is 5.25. The molecule has 1 aromatic carbocycles. The van der Waals surface area contributed by atoms with E-state index in [2.05, 4.69) is 11.8 Å². The second-order valence-corrected chi connectivity index (χ2v) is 7.57. The van der Waals surface area contributed by atoms with Gasteiger partial charge in [-0.15, -0.1) is 11.8 Å². The number of carboxylic acids is 1. The van der Waals surface area contributed by atoms with E-state index in [0.717, 1.165) is 31.2 Å². The highest BCUT2D eigenvalue weighted by molar-refractivity contribution is 5.87. The SMILES string of the molecule is CCC#CC[C@H](C)[C@H](O)/C=C/[C@H]1CCC(=O)N1CCCc1cccc(C(=O)O)c1. The number of carbonyl (C=O) groups is 2. The van der Waals surface area contributed by atoms with Crippen LogP contribution in [0, 0.1) is 17.8 Å². The molecule has 0 spiro atoms. The van der Waals surface area contributed by atoms with Crippen LogP contribution in [-0.4, -0.2) is 45.7 Å². The molecule has 1 aromatic rings. The van der Waals surface area contributed by atoms with Crippen molar-refractivity contribution in [1.29, 1.82) is 0 Å². The number of aryl methyl sites for hydroxylation is 1. The number of hydrogen-bond acceptors (Lipinski definition) is 3. The van der Waals surface area contributed by atoms with E-state index < -0.39 is 12.1 Å². The lowest BCUT2D eigenvalue weighted by atomic mass is 10.00. The van der Waals surface area contributed by atoms with Gasteiger partial charge in [0.05, 0.1) is 17.7 Å². The third kappa shape index (κ3) is 7.07. The molecule has 1 fully saturated rings. The number of carbonyl (C=O) groups excluding carboxylic acids is 1. The molecule has 0 aliphatic carbocycles. The maximum atomic E-state index is 12.3. The molecule has 2 N–H and O–H groups in total. The summed E-state index contributed by atoms with van der Waals surface area (Å²) in [5, 5.41) is 19.4. The molecular formula is C24H31NO4. The zero-order chi connectivity index (χ0) is 21.2. The molecule has 0 saturated carbocycles. The van der Waals surface area contributed by atoms with Crippen molar-refractivity contribution in [2.75, 3.05) is 6.54 Å². The number of aromatic carboxylic acids is 1. The van der Waals surface area contributed by atoms with Gasteiger partial charge in [-0.25, -0.2) is 4.79 Å². The highest BCUT2D eigenvalue weighted by Crippen LogP contribution is 2.22. The summed E-state index contributed by atoms with van der Waals surface area (Å²) in [6, 6.07) is 6.94. The third-order valence-electron chi connectivity index (χ3n) is 5.25. The van der Waals surface area contributed by atoms with Gasteiger partial charge in [-0.05, 0) is 42.9 Å². The number of aliphatic hydroxyl groups excluding tert-OH is 1. The number of likely N-dealkylation sites (tertiary alicyclic amines) is 1. The van der Waals surface area contributed by atoms with E-state index in [-0.39, 0.29) is 23.4 Å². The quantitative estimate of drug-likeness (QED) is 0.492. The average Bonchev–Trinajstić information content (AvgIpc) is 3.06. The van der Waals surface area contributed by atoms with Crippen LogP contribution in [0.5, 0.6) is 0 Å². The predicted octanol–water partition coefficient (Wildman–Crippen LogP) is 3.67. The van der Waals surface area contributed by atoms with Gasteiger partial charge in [-0.1, -0.05) is 38.1 Å². The zero-order valence-electron chi connectivity index (χ0n) is 17.3. The van der Waals surface area contributed by atoms with Crippen molar-refractivity contribution in [3.8, 4) is 11.8 Å². The van der Waals surface area contributed by atoms with Crippen LogP contribution in [0.3, 0.4) is 0 Å². The normalized spacial score (nSPS) is 18.5. The molecule has 1 saturated heterocycles. The van der Waals surface area contributed by atoms with Gasteiger partial charge in [0.2, 0.25) is 5.91 Å². The summed E-state index contributed by atoms with van der Waals surface area (Å²) in [4.78, 5) is 25.2. The molecule has 1 amide bonds. The first-order valence-electron chi connectivity index (χ1n) is 10.4. The van der Waals surface area contributed by atoms with E-state index >= 15 is 0 Å². The molecule has 2 rings (SSSR count). The van der Waals surface area contributed by atoms with Gasteiger partial charge in [0.1, 0.15) is 0 Å². The minimum absolute atomic E-state index is 0.0106. The van der Waals surface area contributed by atoms with Gasteiger partial charge < -0.3 is 15.1 Å². The van der Waals surface area contributed by atoms with Gasteiger partial charge in [-0.3, -0.25) is 4.79 Å². The Morgan fingerprint density at radius 1 is 1.38 bits per heavy atom. The largest absolute Gasteiger partial charge is 0.478 e. The van der Waals surface area contributed by atoms with E-state index in [1.165, 1.54) is 0 Å². The van der Waals surface area contributed by atoms with E-state index in [1.807, 2.05) is 30.9 Å². The Hall–Kier alpha value is -2.58. The van der Waals surface area contributed by atoms with E-state index in [9.17, 15) is 14.7 Å². The van der Waals surface area contributed by atoms with Crippen molar-refractivity contribution < 1.29 is 19.8 Å². The average molecular weight is 398 g/mol. The van der Waals surface area contributed by atoms with Crippen LogP contribution in [0.1, 0.15) is 61.9 Å². The Morgan fingerprint density at radius 2 is 2.17 bits per heavy atom. The predicted molar refractivity (Wildman–Crippen MR) is 113 cm³/mol. The molecule has 0 unspecified atom stereocenters. The molecule has 1 aliphatic heterocycles. The van der Waals surface area contributed by atoms with Crippen molar-refractivity contribution in [3.05, 3.63) is 47.5 Å². The number of benzene rings is 1. The maximum Gasteiger partial charge on any atom is 0.335 e. The second-order valence-electron chi connectivity index (χ2n) is 7.57. The van der Waals surface area contributed by atoms with Gasteiger partial charge in [0.25, 0.3) is 0 Å². The highest BCUT2D eigenvalue weighted by Gasteiger charge is 2.28. The summed E-state index contributed by atoms with van der Waals surface area (Å²) in [7, 11) is 0. The Labute approximate surface area is 173 Å². The van der Waals surface area contributed by atoms with Gasteiger partial charge >= 0.3 is 5.97 Å². The highest BCUT2D eigenvalue weighted by atomic mass is 16.4. The number of nitrogens with zero attached hydrogens (tertiary/aromatic N) is 1. The van der Waals surface area contributed by atoms with Crippen LogP contribution in [0.2, 0.25) is 0 Å². The van der Waals surface area contributed by atoms with E-state index in [1.54, 1.807) is 24.3 Å². The van der Waals surface area contributed by atoms with E-state index in [4.69, 9.17) is 5.11 Å². The molecule has 29 heavy (non-hydrogen) atoms. The molecule has 5 heteroatoms. The molecule has 1 heterocycles. The first kappa shape index (κ1) is 22.7. The fourth-order valence-corrected chi connectivity index (χ4v) is 3.47.